The Balaban J connectivity index is 2.66. The molecule has 0 fully saturated rings. The Morgan fingerprint density at radius 3 is 2.61 bits per heavy atom. The zero-order valence-corrected chi connectivity index (χ0v) is 12.1. The van der Waals surface area contributed by atoms with Crippen LogP contribution in [0, 0.1) is 18.7 Å². The van der Waals surface area contributed by atoms with E-state index in [0.29, 0.717) is 12.0 Å². The van der Waals surface area contributed by atoms with Gasteiger partial charge in [-0.05, 0) is 55.5 Å². The molecule has 0 saturated carbocycles. The maximum Gasteiger partial charge on any atom is 0.123 e. The summed E-state index contributed by atoms with van der Waals surface area (Å²) in [7, 11) is 0. The summed E-state index contributed by atoms with van der Waals surface area (Å²) in [5.74, 6) is 0.473. The van der Waals surface area contributed by atoms with Crippen LogP contribution in [0.3, 0.4) is 0 Å². The van der Waals surface area contributed by atoms with Crippen molar-refractivity contribution in [1.82, 2.24) is 5.32 Å². The molecule has 1 nitrogen and oxygen atoms in total. The van der Waals surface area contributed by atoms with Crippen molar-refractivity contribution in [2.75, 3.05) is 6.54 Å². The Morgan fingerprint density at radius 2 is 2.00 bits per heavy atom. The molecular weight excluding hydrogens is 225 g/mol. The molecule has 1 aromatic rings. The van der Waals surface area contributed by atoms with Crippen LogP contribution in [-0.2, 0) is 6.42 Å². The minimum atomic E-state index is -0.123. The first kappa shape index (κ1) is 15.2. The predicted octanol–water partition coefficient (Wildman–Crippen LogP) is 4.09. The molecule has 1 atom stereocenters. The Kier molecular flexibility index (Phi) is 6.34. The van der Waals surface area contributed by atoms with Gasteiger partial charge in [-0.25, -0.2) is 4.39 Å². The molecule has 0 aliphatic heterocycles. The van der Waals surface area contributed by atoms with E-state index in [4.69, 9.17) is 0 Å². The number of rotatable bonds is 7. The highest BCUT2D eigenvalue weighted by atomic mass is 19.1. The summed E-state index contributed by atoms with van der Waals surface area (Å²) in [6.07, 6.45) is 3.34. The molecule has 0 saturated heterocycles. The van der Waals surface area contributed by atoms with Gasteiger partial charge >= 0.3 is 0 Å². The summed E-state index contributed by atoms with van der Waals surface area (Å²) in [5.41, 5.74) is 2.35. The summed E-state index contributed by atoms with van der Waals surface area (Å²) >= 11 is 0. The molecule has 0 spiro atoms. The molecule has 0 aliphatic carbocycles. The molecule has 0 bridgehead atoms. The molecule has 2 heteroatoms. The Bertz CT molecular complexity index is 360. The van der Waals surface area contributed by atoms with Gasteiger partial charge in [-0.3, -0.25) is 0 Å². The number of aryl methyl sites for hydroxylation is 1. The first-order valence-corrected chi connectivity index (χ1v) is 7.01. The minimum Gasteiger partial charge on any atom is -0.314 e. The zero-order valence-electron chi connectivity index (χ0n) is 12.1. The fourth-order valence-electron chi connectivity index (χ4n) is 2.26. The highest BCUT2D eigenvalue weighted by Gasteiger charge is 2.11. The molecule has 0 radical (unpaired) electrons. The van der Waals surface area contributed by atoms with Crippen LogP contribution in [0.5, 0.6) is 0 Å². The van der Waals surface area contributed by atoms with E-state index in [1.165, 1.54) is 18.4 Å². The lowest BCUT2D eigenvalue weighted by Crippen LogP contribution is -2.30. The SMILES string of the molecule is CCCC(CNC(C)C)Cc1cc(F)ccc1C. The van der Waals surface area contributed by atoms with E-state index >= 15 is 0 Å². The third-order valence-electron chi connectivity index (χ3n) is 3.33. The van der Waals surface area contributed by atoms with Crippen LogP contribution in [0.2, 0.25) is 0 Å². The number of halogens is 1. The highest BCUT2D eigenvalue weighted by molar-refractivity contribution is 5.27. The Hall–Kier alpha value is -0.890. The smallest absolute Gasteiger partial charge is 0.123 e. The van der Waals surface area contributed by atoms with Crippen LogP contribution in [0.15, 0.2) is 18.2 Å². The van der Waals surface area contributed by atoms with Crippen LogP contribution >= 0.6 is 0 Å². The number of hydrogen-bond acceptors (Lipinski definition) is 1. The van der Waals surface area contributed by atoms with E-state index in [1.54, 1.807) is 12.1 Å². The van der Waals surface area contributed by atoms with Crippen LogP contribution in [0.1, 0.15) is 44.7 Å². The zero-order chi connectivity index (χ0) is 13.5. The second kappa shape index (κ2) is 7.52. The van der Waals surface area contributed by atoms with Crippen molar-refractivity contribution in [2.24, 2.45) is 5.92 Å². The number of benzene rings is 1. The lowest BCUT2D eigenvalue weighted by atomic mass is 9.92. The molecular formula is C16H26FN. The molecule has 1 rings (SSSR count). The molecule has 0 heterocycles. The van der Waals surface area contributed by atoms with Crippen LogP contribution in [0.4, 0.5) is 4.39 Å². The van der Waals surface area contributed by atoms with E-state index in [-0.39, 0.29) is 5.82 Å². The molecule has 0 aliphatic rings. The molecule has 1 unspecified atom stereocenters. The second-order valence-corrected chi connectivity index (χ2v) is 5.49. The number of nitrogens with one attached hydrogen (secondary N) is 1. The van der Waals surface area contributed by atoms with Crippen molar-refractivity contribution in [1.29, 1.82) is 0 Å². The molecule has 0 amide bonds. The average Bonchev–Trinajstić information content (AvgIpc) is 2.31. The minimum absolute atomic E-state index is 0.123. The van der Waals surface area contributed by atoms with E-state index in [1.807, 2.05) is 6.07 Å². The summed E-state index contributed by atoms with van der Waals surface area (Å²) in [4.78, 5) is 0. The summed E-state index contributed by atoms with van der Waals surface area (Å²) in [5, 5.41) is 3.49. The molecule has 0 aromatic heterocycles. The molecule has 102 valence electrons. The normalized spacial score (nSPS) is 13.0. The van der Waals surface area contributed by atoms with Gasteiger partial charge in [-0.15, -0.1) is 0 Å². The van der Waals surface area contributed by atoms with E-state index < -0.39 is 0 Å². The van der Waals surface area contributed by atoms with Gasteiger partial charge in [0, 0.05) is 6.04 Å². The van der Waals surface area contributed by atoms with Gasteiger partial charge in [-0.1, -0.05) is 33.3 Å². The lowest BCUT2D eigenvalue weighted by molar-refractivity contribution is 0.417. The maximum atomic E-state index is 13.3. The molecule has 1 aromatic carbocycles. The largest absolute Gasteiger partial charge is 0.314 e. The average molecular weight is 251 g/mol. The van der Waals surface area contributed by atoms with Crippen LogP contribution in [0.25, 0.3) is 0 Å². The first-order valence-electron chi connectivity index (χ1n) is 7.01. The number of hydrogen-bond donors (Lipinski definition) is 1. The third-order valence-corrected chi connectivity index (χ3v) is 3.33. The summed E-state index contributed by atoms with van der Waals surface area (Å²) < 4.78 is 13.3. The van der Waals surface area contributed by atoms with Crippen molar-refractivity contribution in [2.45, 2.75) is 53.0 Å². The second-order valence-electron chi connectivity index (χ2n) is 5.49. The Morgan fingerprint density at radius 1 is 1.28 bits per heavy atom. The van der Waals surface area contributed by atoms with Gasteiger partial charge in [-0.2, -0.15) is 0 Å². The van der Waals surface area contributed by atoms with E-state index in [2.05, 4.69) is 33.0 Å². The van der Waals surface area contributed by atoms with E-state index in [0.717, 1.165) is 18.5 Å². The summed E-state index contributed by atoms with van der Waals surface area (Å²) in [6.45, 7) is 9.61. The van der Waals surface area contributed by atoms with Gasteiger partial charge in [0.05, 0.1) is 0 Å². The topological polar surface area (TPSA) is 12.0 Å². The van der Waals surface area contributed by atoms with Gasteiger partial charge in [0.25, 0.3) is 0 Å². The molecule has 18 heavy (non-hydrogen) atoms. The molecule has 1 N–H and O–H groups in total. The third kappa shape index (κ3) is 5.18. The Labute approximate surface area is 111 Å². The predicted molar refractivity (Wildman–Crippen MR) is 76.4 cm³/mol. The van der Waals surface area contributed by atoms with Crippen molar-refractivity contribution >= 4 is 0 Å². The van der Waals surface area contributed by atoms with Crippen molar-refractivity contribution in [3.8, 4) is 0 Å². The first-order chi connectivity index (χ1) is 8.52. The fourth-order valence-corrected chi connectivity index (χ4v) is 2.26. The highest BCUT2D eigenvalue weighted by Crippen LogP contribution is 2.18. The standard InChI is InChI=1S/C16H26FN/c1-5-6-14(11-18-12(2)3)9-15-10-16(17)8-7-13(15)4/h7-8,10,12,14,18H,5-6,9,11H2,1-4H3. The van der Waals surface area contributed by atoms with Crippen LogP contribution < -0.4 is 5.32 Å². The van der Waals surface area contributed by atoms with Crippen molar-refractivity contribution < 1.29 is 4.39 Å². The van der Waals surface area contributed by atoms with E-state index in [9.17, 15) is 4.39 Å². The quantitative estimate of drug-likeness (QED) is 0.769. The van der Waals surface area contributed by atoms with Crippen molar-refractivity contribution in [3.05, 3.63) is 35.1 Å². The van der Waals surface area contributed by atoms with Crippen LogP contribution in [-0.4, -0.2) is 12.6 Å². The summed E-state index contributed by atoms with van der Waals surface area (Å²) in [6, 6.07) is 5.62. The van der Waals surface area contributed by atoms with Gasteiger partial charge < -0.3 is 5.32 Å². The van der Waals surface area contributed by atoms with Crippen molar-refractivity contribution in [3.63, 3.8) is 0 Å². The van der Waals surface area contributed by atoms with Gasteiger partial charge in [0.15, 0.2) is 0 Å². The lowest BCUT2D eigenvalue weighted by Gasteiger charge is -2.19. The monoisotopic (exact) mass is 251 g/mol. The van der Waals surface area contributed by atoms with Gasteiger partial charge in [0.1, 0.15) is 5.82 Å². The maximum absolute atomic E-state index is 13.3. The van der Waals surface area contributed by atoms with Gasteiger partial charge in [0.2, 0.25) is 0 Å². The fraction of sp³-hybridized carbons (Fsp3) is 0.625.